The van der Waals surface area contributed by atoms with E-state index in [1.807, 2.05) is 23.1 Å². The van der Waals surface area contributed by atoms with Gasteiger partial charge in [-0.1, -0.05) is 18.9 Å². The lowest BCUT2D eigenvalue weighted by atomic mass is 10.0. The van der Waals surface area contributed by atoms with Gasteiger partial charge in [0, 0.05) is 37.2 Å². The molecule has 1 amide bonds. The van der Waals surface area contributed by atoms with Crippen molar-refractivity contribution in [2.75, 3.05) is 13.1 Å². The lowest BCUT2D eigenvalue weighted by molar-refractivity contribution is -0.134. The van der Waals surface area contributed by atoms with Gasteiger partial charge in [0.25, 0.3) is 5.56 Å². The third-order valence-corrected chi connectivity index (χ3v) is 5.29. The van der Waals surface area contributed by atoms with E-state index in [2.05, 4.69) is 15.0 Å². The first-order valence-corrected chi connectivity index (χ1v) is 9.02. The topological polar surface area (TPSA) is 79.0 Å². The van der Waals surface area contributed by atoms with Crippen molar-refractivity contribution in [2.45, 2.75) is 38.0 Å². The Morgan fingerprint density at radius 3 is 2.80 bits per heavy atom. The number of carbonyl (C=O) groups is 1. The number of pyridine rings is 1. The van der Waals surface area contributed by atoms with Gasteiger partial charge in [0.05, 0.1) is 5.69 Å². The van der Waals surface area contributed by atoms with E-state index in [9.17, 15) is 9.59 Å². The Kier molecular flexibility index (Phi) is 4.34. The average molecular weight is 338 g/mol. The highest BCUT2D eigenvalue weighted by molar-refractivity contribution is 5.79. The number of hydrogen-bond acceptors (Lipinski definition) is 4. The molecule has 0 bridgehead atoms. The summed E-state index contributed by atoms with van der Waals surface area (Å²) in [6, 6.07) is 7.08. The monoisotopic (exact) mass is 338 g/mol. The summed E-state index contributed by atoms with van der Waals surface area (Å²) in [6.45, 7) is 1.42. The van der Waals surface area contributed by atoms with Crippen molar-refractivity contribution in [1.29, 1.82) is 0 Å². The molecule has 2 fully saturated rings. The van der Waals surface area contributed by atoms with Crippen LogP contribution in [0.25, 0.3) is 11.5 Å². The Morgan fingerprint density at radius 2 is 2.04 bits per heavy atom. The van der Waals surface area contributed by atoms with Gasteiger partial charge in [0.15, 0.2) is 5.82 Å². The van der Waals surface area contributed by atoms with Crippen LogP contribution in [-0.2, 0) is 4.79 Å². The second kappa shape index (κ2) is 6.78. The quantitative estimate of drug-likeness (QED) is 0.931. The van der Waals surface area contributed by atoms with Crippen LogP contribution < -0.4 is 5.56 Å². The van der Waals surface area contributed by atoms with Crippen LogP contribution in [0.2, 0.25) is 0 Å². The second-order valence-electron chi connectivity index (χ2n) is 6.99. The molecule has 1 saturated carbocycles. The minimum atomic E-state index is -0.175. The van der Waals surface area contributed by atoms with E-state index in [1.165, 1.54) is 0 Å². The summed E-state index contributed by atoms with van der Waals surface area (Å²) < 4.78 is 0. The molecule has 2 aliphatic rings. The van der Waals surface area contributed by atoms with E-state index in [0.717, 1.165) is 44.3 Å². The van der Waals surface area contributed by atoms with Gasteiger partial charge >= 0.3 is 0 Å². The maximum Gasteiger partial charge on any atom is 0.251 e. The molecule has 3 heterocycles. The van der Waals surface area contributed by atoms with Gasteiger partial charge in [0.1, 0.15) is 5.69 Å². The molecule has 0 aromatic carbocycles. The minimum Gasteiger partial charge on any atom is -0.342 e. The highest BCUT2D eigenvalue weighted by Crippen LogP contribution is 2.31. The largest absolute Gasteiger partial charge is 0.342 e. The number of aromatic amines is 1. The first-order chi connectivity index (χ1) is 12.2. The highest BCUT2D eigenvalue weighted by Gasteiger charge is 2.33. The van der Waals surface area contributed by atoms with E-state index in [0.29, 0.717) is 18.1 Å². The minimum absolute atomic E-state index is 0.120. The zero-order valence-electron chi connectivity index (χ0n) is 14.1. The molecule has 2 aromatic rings. The second-order valence-corrected chi connectivity index (χ2v) is 6.99. The van der Waals surface area contributed by atoms with Crippen molar-refractivity contribution < 1.29 is 4.79 Å². The summed E-state index contributed by atoms with van der Waals surface area (Å²) in [5.41, 5.74) is 1.23. The van der Waals surface area contributed by atoms with Crippen molar-refractivity contribution in [3.63, 3.8) is 0 Å². The molecule has 1 aliphatic carbocycles. The SMILES string of the molecule is O=C(C1CCCC1)N1CC[C@H](c2cc(=O)[nH]c(-c3ccccn3)n2)C1. The summed E-state index contributed by atoms with van der Waals surface area (Å²) in [5.74, 6) is 1.10. The molecule has 6 heteroatoms. The first-order valence-electron chi connectivity index (χ1n) is 9.02. The van der Waals surface area contributed by atoms with Gasteiger partial charge in [-0.05, 0) is 31.4 Å². The van der Waals surface area contributed by atoms with Crippen LogP contribution in [0.4, 0.5) is 0 Å². The summed E-state index contributed by atoms with van der Waals surface area (Å²) >= 11 is 0. The third-order valence-electron chi connectivity index (χ3n) is 5.29. The van der Waals surface area contributed by atoms with E-state index in [-0.39, 0.29) is 23.3 Å². The van der Waals surface area contributed by atoms with E-state index in [4.69, 9.17) is 0 Å². The molecule has 1 atom stereocenters. The zero-order chi connectivity index (χ0) is 17.2. The lowest BCUT2D eigenvalue weighted by Crippen LogP contribution is -2.33. The fourth-order valence-electron chi connectivity index (χ4n) is 3.94. The van der Waals surface area contributed by atoms with Crippen molar-refractivity contribution in [3.05, 3.63) is 46.5 Å². The van der Waals surface area contributed by atoms with Gasteiger partial charge < -0.3 is 9.88 Å². The van der Waals surface area contributed by atoms with Crippen LogP contribution in [0.1, 0.15) is 43.7 Å². The number of aromatic nitrogens is 3. The van der Waals surface area contributed by atoms with Crippen LogP contribution in [0.3, 0.4) is 0 Å². The van der Waals surface area contributed by atoms with Crippen LogP contribution >= 0.6 is 0 Å². The number of likely N-dealkylation sites (tertiary alicyclic amines) is 1. The molecule has 6 nitrogen and oxygen atoms in total. The number of carbonyl (C=O) groups excluding carboxylic acids is 1. The number of nitrogens with one attached hydrogen (secondary N) is 1. The molecule has 0 unspecified atom stereocenters. The normalized spacial score (nSPS) is 21.0. The maximum absolute atomic E-state index is 12.6. The van der Waals surface area contributed by atoms with Crippen LogP contribution in [0.5, 0.6) is 0 Å². The molecule has 2 aromatic heterocycles. The predicted molar refractivity (Wildman–Crippen MR) is 94.0 cm³/mol. The van der Waals surface area contributed by atoms with Gasteiger partial charge in [-0.25, -0.2) is 4.98 Å². The Balaban J connectivity index is 1.53. The van der Waals surface area contributed by atoms with Crippen molar-refractivity contribution in [1.82, 2.24) is 19.9 Å². The molecular weight excluding hydrogens is 316 g/mol. The smallest absolute Gasteiger partial charge is 0.251 e. The molecule has 0 spiro atoms. The summed E-state index contributed by atoms with van der Waals surface area (Å²) in [5, 5.41) is 0. The number of rotatable bonds is 3. The molecule has 25 heavy (non-hydrogen) atoms. The molecule has 1 aliphatic heterocycles. The maximum atomic E-state index is 12.6. The Labute approximate surface area is 146 Å². The molecule has 1 N–H and O–H groups in total. The third kappa shape index (κ3) is 3.34. The van der Waals surface area contributed by atoms with Crippen molar-refractivity contribution >= 4 is 5.91 Å². The number of nitrogens with zero attached hydrogens (tertiary/aromatic N) is 3. The summed E-state index contributed by atoms with van der Waals surface area (Å²) in [6.07, 6.45) is 6.91. The van der Waals surface area contributed by atoms with Crippen LogP contribution in [0, 0.1) is 5.92 Å². The van der Waals surface area contributed by atoms with Gasteiger partial charge in [-0.15, -0.1) is 0 Å². The lowest BCUT2D eigenvalue weighted by Gasteiger charge is -2.20. The zero-order valence-corrected chi connectivity index (χ0v) is 14.1. The standard InChI is InChI=1S/C19H22N4O2/c24-17-11-16(21-18(22-17)15-7-3-4-9-20-15)14-8-10-23(12-14)19(25)13-5-1-2-6-13/h3-4,7,9,11,13-14H,1-2,5-6,8,10,12H2,(H,21,22,24)/t14-/m0/s1. The summed E-state index contributed by atoms with van der Waals surface area (Å²) in [7, 11) is 0. The summed E-state index contributed by atoms with van der Waals surface area (Å²) in [4.78, 5) is 38.3. The molecule has 4 rings (SSSR count). The van der Waals surface area contributed by atoms with Crippen LogP contribution in [0.15, 0.2) is 35.3 Å². The van der Waals surface area contributed by atoms with Gasteiger partial charge in [-0.2, -0.15) is 0 Å². The van der Waals surface area contributed by atoms with E-state index < -0.39 is 0 Å². The number of hydrogen-bond donors (Lipinski definition) is 1. The van der Waals surface area contributed by atoms with Crippen molar-refractivity contribution in [2.24, 2.45) is 5.92 Å². The van der Waals surface area contributed by atoms with Crippen LogP contribution in [-0.4, -0.2) is 38.8 Å². The average Bonchev–Trinajstić information content (AvgIpc) is 3.33. The molecule has 130 valence electrons. The van der Waals surface area contributed by atoms with Crippen molar-refractivity contribution in [3.8, 4) is 11.5 Å². The van der Waals surface area contributed by atoms with Gasteiger partial charge in [-0.3, -0.25) is 14.6 Å². The molecule has 0 radical (unpaired) electrons. The van der Waals surface area contributed by atoms with Gasteiger partial charge in [0.2, 0.25) is 5.91 Å². The fourth-order valence-corrected chi connectivity index (χ4v) is 3.94. The number of H-pyrrole nitrogens is 1. The van der Waals surface area contributed by atoms with E-state index in [1.54, 1.807) is 12.3 Å². The first kappa shape index (κ1) is 16.0. The highest BCUT2D eigenvalue weighted by atomic mass is 16.2. The Hall–Kier alpha value is -2.50. The fraction of sp³-hybridized carbons (Fsp3) is 0.474. The molecular formula is C19H22N4O2. The van der Waals surface area contributed by atoms with E-state index >= 15 is 0 Å². The molecule has 1 saturated heterocycles. The predicted octanol–water partition coefficient (Wildman–Crippen LogP) is 2.34. The Bertz CT molecular complexity index is 812. The number of amides is 1. The Morgan fingerprint density at radius 1 is 1.20 bits per heavy atom.